The lowest BCUT2D eigenvalue weighted by Crippen LogP contribution is -2.54. The molecule has 0 bridgehead atoms. The quantitative estimate of drug-likeness (QED) is 0.425. The number of likely N-dealkylation sites (tertiary alicyclic amines) is 1. The smallest absolute Gasteiger partial charge is 0.328 e. The highest BCUT2D eigenvalue weighted by molar-refractivity contribution is 5.97. The minimum absolute atomic E-state index is 0.253. The topological polar surface area (TPSA) is 105 Å². The van der Waals surface area contributed by atoms with E-state index in [-0.39, 0.29) is 12.3 Å². The normalized spacial score (nSPS) is 17.0. The van der Waals surface area contributed by atoms with Crippen LogP contribution in [0.2, 0.25) is 0 Å². The number of esters is 1. The average molecular weight is 478 g/mol. The van der Waals surface area contributed by atoms with Crippen molar-refractivity contribution in [3.63, 3.8) is 0 Å². The van der Waals surface area contributed by atoms with Crippen molar-refractivity contribution in [1.82, 2.24) is 15.5 Å². The zero-order valence-corrected chi connectivity index (χ0v) is 20.0. The van der Waals surface area contributed by atoms with Gasteiger partial charge in [0.25, 0.3) is 0 Å². The molecule has 0 aliphatic carbocycles. The van der Waals surface area contributed by atoms with E-state index < -0.39 is 35.9 Å². The number of carbonyl (C=O) groups is 4. The fraction of sp³-hybridized carbons (Fsp3) is 0.333. The lowest BCUT2D eigenvalue weighted by Gasteiger charge is -2.25. The minimum atomic E-state index is -0.900. The highest BCUT2D eigenvalue weighted by atomic mass is 16.5. The lowest BCUT2D eigenvalue weighted by atomic mass is 10.1. The Kier molecular flexibility index (Phi) is 9.17. The molecular formula is C27H31N3O5. The Hall–Kier alpha value is -3.94. The van der Waals surface area contributed by atoms with Gasteiger partial charge in [-0.1, -0.05) is 60.7 Å². The zero-order valence-electron chi connectivity index (χ0n) is 20.0. The summed E-state index contributed by atoms with van der Waals surface area (Å²) in [5.41, 5.74) is 1.76. The van der Waals surface area contributed by atoms with Crippen LogP contribution >= 0.6 is 0 Å². The van der Waals surface area contributed by atoms with Crippen molar-refractivity contribution in [1.29, 1.82) is 0 Å². The van der Waals surface area contributed by atoms with Gasteiger partial charge in [-0.2, -0.15) is 0 Å². The van der Waals surface area contributed by atoms with E-state index in [4.69, 9.17) is 4.74 Å². The number of ether oxygens (including phenoxy) is 1. The molecule has 1 heterocycles. The van der Waals surface area contributed by atoms with Crippen LogP contribution in [0.1, 0.15) is 30.9 Å². The zero-order chi connectivity index (χ0) is 25.2. The monoisotopic (exact) mass is 477 g/mol. The summed E-state index contributed by atoms with van der Waals surface area (Å²) in [4.78, 5) is 52.1. The van der Waals surface area contributed by atoms with E-state index in [9.17, 15) is 19.2 Å². The molecule has 1 fully saturated rings. The summed E-state index contributed by atoms with van der Waals surface area (Å²) in [6, 6.07) is 16.2. The predicted octanol–water partition coefficient (Wildman–Crippen LogP) is 2.10. The Morgan fingerprint density at radius 1 is 1.03 bits per heavy atom. The number of amides is 3. The van der Waals surface area contributed by atoms with Gasteiger partial charge in [0.1, 0.15) is 18.1 Å². The van der Waals surface area contributed by atoms with Crippen LogP contribution in [-0.2, 0) is 30.3 Å². The van der Waals surface area contributed by atoms with Crippen LogP contribution < -0.4 is 10.6 Å². The summed E-state index contributed by atoms with van der Waals surface area (Å²) in [5.74, 6) is -1.73. The van der Waals surface area contributed by atoms with Crippen molar-refractivity contribution in [3.8, 4) is 0 Å². The molecule has 0 saturated carbocycles. The van der Waals surface area contributed by atoms with Crippen LogP contribution in [0.5, 0.6) is 0 Å². The number of nitrogens with one attached hydrogen (secondary N) is 2. The number of rotatable bonds is 9. The first-order valence-corrected chi connectivity index (χ1v) is 11.6. The van der Waals surface area contributed by atoms with E-state index in [1.165, 1.54) is 18.1 Å². The third-order valence-corrected chi connectivity index (χ3v) is 5.89. The van der Waals surface area contributed by atoms with Gasteiger partial charge in [-0.15, -0.1) is 0 Å². The van der Waals surface area contributed by atoms with Gasteiger partial charge in [-0.25, -0.2) is 4.79 Å². The Bertz CT molecular complexity index is 1060. The summed E-state index contributed by atoms with van der Waals surface area (Å²) in [7, 11) is 1.26. The third-order valence-electron chi connectivity index (χ3n) is 5.89. The summed E-state index contributed by atoms with van der Waals surface area (Å²) in [5, 5.41) is 5.35. The molecule has 2 N–H and O–H groups in total. The van der Waals surface area contributed by atoms with Crippen molar-refractivity contribution < 1.29 is 23.9 Å². The Morgan fingerprint density at radius 2 is 1.69 bits per heavy atom. The fourth-order valence-corrected chi connectivity index (χ4v) is 3.99. The summed E-state index contributed by atoms with van der Waals surface area (Å²) >= 11 is 0. The van der Waals surface area contributed by atoms with Crippen molar-refractivity contribution in [2.75, 3.05) is 13.7 Å². The lowest BCUT2D eigenvalue weighted by molar-refractivity contribution is -0.145. The van der Waals surface area contributed by atoms with Gasteiger partial charge < -0.3 is 20.3 Å². The molecule has 2 aromatic carbocycles. The number of benzene rings is 2. The minimum Gasteiger partial charge on any atom is -0.467 e. The van der Waals surface area contributed by atoms with Gasteiger partial charge in [0.2, 0.25) is 17.7 Å². The van der Waals surface area contributed by atoms with Crippen molar-refractivity contribution >= 4 is 29.8 Å². The van der Waals surface area contributed by atoms with Crippen LogP contribution in [0.4, 0.5) is 0 Å². The second-order valence-corrected chi connectivity index (χ2v) is 8.44. The molecular weight excluding hydrogens is 446 g/mol. The summed E-state index contributed by atoms with van der Waals surface area (Å²) in [6.45, 7) is 2.01. The number of hydrogen-bond donors (Lipinski definition) is 2. The Morgan fingerprint density at radius 3 is 2.34 bits per heavy atom. The highest BCUT2D eigenvalue weighted by Crippen LogP contribution is 2.18. The van der Waals surface area contributed by atoms with Gasteiger partial charge in [-0.3, -0.25) is 14.4 Å². The molecule has 1 aliphatic rings. The van der Waals surface area contributed by atoms with Crippen LogP contribution in [0.3, 0.4) is 0 Å². The first-order valence-electron chi connectivity index (χ1n) is 11.6. The van der Waals surface area contributed by atoms with Crippen molar-refractivity contribution in [2.45, 2.75) is 44.3 Å². The van der Waals surface area contributed by atoms with Gasteiger partial charge in [0, 0.05) is 19.0 Å². The van der Waals surface area contributed by atoms with Crippen LogP contribution in [0, 0.1) is 0 Å². The molecule has 8 heteroatoms. The molecule has 0 spiro atoms. The maximum Gasteiger partial charge on any atom is 0.328 e. The maximum absolute atomic E-state index is 12.9. The molecule has 3 atom stereocenters. The first kappa shape index (κ1) is 25.7. The van der Waals surface area contributed by atoms with Gasteiger partial charge in [0.15, 0.2) is 0 Å². The molecule has 184 valence electrons. The molecule has 8 nitrogen and oxygen atoms in total. The molecule has 2 aromatic rings. The second-order valence-electron chi connectivity index (χ2n) is 8.44. The second kappa shape index (κ2) is 12.5. The average Bonchev–Trinajstić information content (AvgIpc) is 3.38. The van der Waals surface area contributed by atoms with Crippen LogP contribution in [0.25, 0.3) is 6.08 Å². The molecule has 1 aliphatic heterocycles. The molecule has 0 radical (unpaired) electrons. The van der Waals surface area contributed by atoms with Crippen LogP contribution in [0.15, 0.2) is 66.7 Å². The number of hydrogen-bond acceptors (Lipinski definition) is 5. The number of methoxy groups -OCH3 is 1. The standard InChI is InChI=1S/C27H31N3O5/c1-19(25(32)29-22(27(34)35-2)18-21-12-7-4-8-13-21)28-26(33)23-14-9-17-30(23)24(31)16-15-20-10-5-3-6-11-20/h3-8,10-13,15-16,19,22-23H,9,14,17-18H2,1-2H3,(H,28,33)(H,29,32)/b16-15+/t19-,22+,23+/m1/s1. The third kappa shape index (κ3) is 7.27. The number of nitrogens with zero attached hydrogens (tertiary/aromatic N) is 1. The van der Waals surface area contributed by atoms with E-state index in [2.05, 4.69) is 10.6 Å². The van der Waals surface area contributed by atoms with Gasteiger partial charge in [0.05, 0.1) is 7.11 Å². The van der Waals surface area contributed by atoms with Gasteiger partial charge >= 0.3 is 5.97 Å². The summed E-state index contributed by atoms with van der Waals surface area (Å²) in [6.07, 6.45) is 4.65. The van der Waals surface area contributed by atoms with E-state index in [0.717, 1.165) is 11.1 Å². The molecule has 35 heavy (non-hydrogen) atoms. The van der Waals surface area contributed by atoms with E-state index >= 15 is 0 Å². The van der Waals surface area contributed by atoms with E-state index in [1.54, 1.807) is 13.0 Å². The highest BCUT2D eigenvalue weighted by Gasteiger charge is 2.34. The SMILES string of the molecule is COC(=O)[C@H](Cc1ccccc1)NC(=O)[C@@H](C)NC(=O)[C@@H]1CCCN1C(=O)/C=C/c1ccccc1. The first-order chi connectivity index (χ1) is 16.9. The predicted molar refractivity (Wildman–Crippen MR) is 132 cm³/mol. The van der Waals surface area contributed by atoms with Crippen molar-refractivity contribution in [2.24, 2.45) is 0 Å². The number of carbonyl (C=O) groups excluding carboxylic acids is 4. The maximum atomic E-state index is 12.9. The largest absolute Gasteiger partial charge is 0.467 e. The van der Waals surface area contributed by atoms with E-state index in [1.807, 2.05) is 60.7 Å². The molecule has 0 unspecified atom stereocenters. The fourth-order valence-electron chi connectivity index (χ4n) is 3.99. The van der Waals surface area contributed by atoms with E-state index in [0.29, 0.717) is 19.4 Å². The summed E-state index contributed by atoms with van der Waals surface area (Å²) < 4.78 is 4.83. The van der Waals surface area contributed by atoms with Crippen LogP contribution in [-0.4, -0.2) is 60.4 Å². The van der Waals surface area contributed by atoms with Crippen molar-refractivity contribution in [3.05, 3.63) is 77.9 Å². The molecule has 3 amide bonds. The van der Waals surface area contributed by atoms with Gasteiger partial charge in [-0.05, 0) is 37.0 Å². The Balaban J connectivity index is 1.58. The molecule has 3 rings (SSSR count). The Labute approximate surface area is 205 Å². The molecule has 1 saturated heterocycles. The molecule has 0 aromatic heterocycles.